The zero-order valence-corrected chi connectivity index (χ0v) is 21.8. The molecule has 0 radical (unpaired) electrons. The molecule has 0 atom stereocenters. The summed E-state index contributed by atoms with van der Waals surface area (Å²) in [4.78, 5) is 39.3. The molecule has 0 spiro atoms. The Labute approximate surface area is 227 Å². The molecule has 1 heterocycles. The average molecular weight is 560 g/mol. The summed E-state index contributed by atoms with van der Waals surface area (Å²) in [5.74, 6) is -0.998. The van der Waals surface area contributed by atoms with E-state index in [0.717, 1.165) is 12.1 Å². The standard InChI is InChI=1S/C28H25ClF3N3O4/c1-16(2)25(36)33-13-17-6-8-23(29)21(11-17)26(37)34-20-7-9-24-22(12-20)27(38)35(15-39-24)14-18-4-3-5-19(10-18)28(30,31)32/h3-12,16H,13-15H2,1-2H3,(H,33,36)(H,34,37). The number of fused-ring (bicyclic) bond motifs is 1. The highest BCUT2D eigenvalue weighted by atomic mass is 35.5. The Bertz CT molecular complexity index is 1430. The van der Waals surface area contributed by atoms with Crippen LogP contribution < -0.4 is 15.4 Å². The SMILES string of the molecule is CC(C)C(=O)NCc1ccc(Cl)c(C(=O)Nc2ccc3c(c2)C(=O)N(Cc2cccc(C(F)(F)F)c2)CO3)c1. The minimum atomic E-state index is -4.50. The van der Waals surface area contributed by atoms with Crippen LogP contribution in [-0.2, 0) is 24.1 Å². The fourth-order valence-electron chi connectivity index (χ4n) is 3.91. The molecule has 1 aliphatic heterocycles. The van der Waals surface area contributed by atoms with Gasteiger partial charge in [-0.1, -0.05) is 43.6 Å². The maximum absolute atomic E-state index is 13.1. The molecular formula is C28H25ClF3N3O4. The van der Waals surface area contributed by atoms with Gasteiger partial charge in [-0.05, 0) is 53.6 Å². The summed E-state index contributed by atoms with van der Waals surface area (Å²) < 4.78 is 44.9. The molecule has 0 unspecified atom stereocenters. The first-order chi connectivity index (χ1) is 18.4. The molecular weight excluding hydrogens is 535 g/mol. The van der Waals surface area contributed by atoms with Crippen molar-refractivity contribution in [2.75, 3.05) is 12.0 Å². The van der Waals surface area contributed by atoms with Gasteiger partial charge in [0.15, 0.2) is 6.73 Å². The molecule has 0 fully saturated rings. The van der Waals surface area contributed by atoms with Crippen molar-refractivity contribution in [2.24, 2.45) is 5.92 Å². The number of carbonyl (C=O) groups is 3. The van der Waals surface area contributed by atoms with Crippen LogP contribution in [0.2, 0.25) is 5.02 Å². The van der Waals surface area contributed by atoms with Crippen molar-refractivity contribution in [1.82, 2.24) is 10.2 Å². The molecule has 3 amide bonds. The topological polar surface area (TPSA) is 87.7 Å². The minimum absolute atomic E-state index is 0.0888. The van der Waals surface area contributed by atoms with Gasteiger partial charge in [-0.15, -0.1) is 0 Å². The van der Waals surface area contributed by atoms with Crippen LogP contribution in [0, 0.1) is 5.92 Å². The first-order valence-corrected chi connectivity index (χ1v) is 12.4. The van der Waals surface area contributed by atoms with Crippen molar-refractivity contribution < 1.29 is 32.3 Å². The van der Waals surface area contributed by atoms with Gasteiger partial charge < -0.3 is 20.3 Å². The normalized spacial score (nSPS) is 13.1. The van der Waals surface area contributed by atoms with Gasteiger partial charge in [0.05, 0.1) is 21.7 Å². The van der Waals surface area contributed by atoms with E-state index in [1.165, 1.54) is 29.2 Å². The van der Waals surface area contributed by atoms with Crippen molar-refractivity contribution in [3.8, 4) is 5.75 Å². The molecule has 0 saturated heterocycles. The van der Waals surface area contributed by atoms with E-state index in [1.54, 1.807) is 38.1 Å². The van der Waals surface area contributed by atoms with Crippen LogP contribution in [0.5, 0.6) is 5.75 Å². The van der Waals surface area contributed by atoms with Crippen molar-refractivity contribution in [1.29, 1.82) is 0 Å². The van der Waals surface area contributed by atoms with Crippen molar-refractivity contribution in [2.45, 2.75) is 33.1 Å². The zero-order chi connectivity index (χ0) is 28.3. The van der Waals surface area contributed by atoms with Crippen molar-refractivity contribution in [3.63, 3.8) is 0 Å². The second kappa shape index (κ2) is 11.4. The van der Waals surface area contributed by atoms with Crippen molar-refractivity contribution in [3.05, 3.63) is 93.5 Å². The zero-order valence-electron chi connectivity index (χ0n) is 21.1. The summed E-state index contributed by atoms with van der Waals surface area (Å²) in [6.07, 6.45) is -4.50. The third-order valence-corrected chi connectivity index (χ3v) is 6.35. The second-order valence-corrected chi connectivity index (χ2v) is 9.73. The molecule has 3 aromatic rings. The Morgan fingerprint density at radius 2 is 1.82 bits per heavy atom. The number of ether oxygens (including phenoxy) is 1. The number of nitrogens with zero attached hydrogens (tertiary/aromatic N) is 1. The summed E-state index contributed by atoms with van der Waals surface area (Å²) in [6.45, 7) is 3.54. The monoisotopic (exact) mass is 559 g/mol. The quantitative estimate of drug-likeness (QED) is 0.379. The third kappa shape index (κ3) is 6.69. The third-order valence-electron chi connectivity index (χ3n) is 6.03. The largest absolute Gasteiger partial charge is 0.472 e. The van der Waals surface area contributed by atoms with E-state index in [2.05, 4.69) is 10.6 Å². The number of amides is 3. The lowest BCUT2D eigenvalue weighted by Crippen LogP contribution is -2.38. The Morgan fingerprint density at radius 1 is 1.05 bits per heavy atom. The second-order valence-electron chi connectivity index (χ2n) is 9.33. The van der Waals surface area contributed by atoms with E-state index < -0.39 is 23.6 Å². The highest BCUT2D eigenvalue weighted by molar-refractivity contribution is 6.34. The first kappa shape index (κ1) is 28.0. The molecule has 0 aliphatic carbocycles. The molecule has 0 saturated carbocycles. The highest BCUT2D eigenvalue weighted by Gasteiger charge is 2.31. The van der Waals surface area contributed by atoms with E-state index in [4.69, 9.17) is 16.3 Å². The highest BCUT2D eigenvalue weighted by Crippen LogP contribution is 2.32. The Morgan fingerprint density at radius 3 is 2.54 bits per heavy atom. The molecule has 1 aliphatic rings. The summed E-state index contributed by atoms with van der Waals surface area (Å²) >= 11 is 6.25. The maximum atomic E-state index is 13.1. The van der Waals surface area contributed by atoms with Gasteiger partial charge in [-0.2, -0.15) is 13.2 Å². The number of anilines is 1. The predicted octanol–water partition coefficient (Wildman–Crippen LogP) is 5.88. The number of hydrogen-bond acceptors (Lipinski definition) is 4. The maximum Gasteiger partial charge on any atom is 0.416 e. The first-order valence-electron chi connectivity index (χ1n) is 12.0. The summed E-state index contributed by atoms with van der Waals surface area (Å²) in [5.41, 5.74) is 0.806. The van der Waals surface area contributed by atoms with Gasteiger partial charge >= 0.3 is 6.18 Å². The lowest BCUT2D eigenvalue weighted by Gasteiger charge is -2.29. The minimum Gasteiger partial charge on any atom is -0.472 e. The number of halogens is 4. The van der Waals surface area contributed by atoms with Crippen LogP contribution in [0.3, 0.4) is 0 Å². The van der Waals surface area contributed by atoms with Crippen LogP contribution in [0.1, 0.15) is 51.3 Å². The Balaban J connectivity index is 1.48. The molecule has 0 aromatic heterocycles. The molecule has 7 nitrogen and oxygen atoms in total. The van der Waals surface area contributed by atoms with Crippen LogP contribution in [-0.4, -0.2) is 29.4 Å². The van der Waals surface area contributed by atoms with Crippen LogP contribution in [0.25, 0.3) is 0 Å². The van der Waals surface area contributed by atoms with Crippen LogP contribution in [0.15, 0.2) is 60.7 Å². The number of benzene rings is 3. The van der Waals surface area contributed by atoms with Crippen molar-refractivity contribution >= 4 is 35.0 Å². The Kier molecular flexibility index (Phi) is 8.15. The van der Waals surface area contributed by atoms with E-state index in [0.29, 0.717) is 22.6 Å². The lowest BCUT2D eigenvalue weighted by atomic mass is 10.1. The predicted molar refractivity (Wildman–Crippen MR) is 139 cm³/mol. The average Bonchev–Trinajstić information content (AvgIpc) is 2.89. The fraction of sp³-hybridized carbons (Fsp3) is 0.250. The van der Waals surface area contributed by atoms with E-state index in [9.17, 15) is 27.6 Å². The molecule has 11 heteroatoms. The smallest absolute Gasteiger partial charge is 0.416 e. The number of nitrogens with one attached hydrogen (secondary N) is 2. The lowest BCUT2D eigenvalue weighted by molar-refractivity contribution is -0.137. The number of hydrogen-bond donors (Lipinski definition) is 2. The van der Waals surface area contributed by atoms with E-state index >= 15 is 0 Å². The molecule has 4 rings (SSSR count). The van der Waals surface area contributed by atoms with Crippen LogP contribution in [0.4, 0.5) is 18.9 Å². The number of rotatable bonds is 7. The molecule has 3 aromatic carbocycles. The summed E-state index contributed by atoms with van der Waals surface area (Å²) in [6, 6.07) is 14.1. The molecule has 39 heavy (non-hydrogen) atoms. The fourth-order valence-corrected chi connectivity index (χ4v) is 4.11. The Hall–Kier alpha value is -4.05. The van der Waals surface area contributed by atoms with E-state index in [-0.39, 0.29) is 47.8 Å². The van der Waals surface area contributed by atoms with Gasteiger partial charge in [0.25, 0.3) is 11.8 Å². The summed E-state index contributed by atoms with van der Waals surface area (Å²) in [5, 5.41) is 5.69. The van der Waals surface area contributed by atoms with Gasteiger partial charge in [0, 0.05) is 24.7 Å². The van der Waals surface area contributed by atoms with Crippen LogP contribution >= 0.6 is 11.6 Å². The van der Waals surface area contributed by atoms with E-state index in [1.807, 2.05) is 0 Å². The molecule has 2 N–H and O–H groups in total. The number of carbonyl (C=O) groups excluding carboxylic acids is 3. The molecule has 204 valence electrons. The number of alkyl halides is 3. The van der Waals surface area contributed by atoms with Gasteiger partial charge in [-0.25, -0.2) is 0 Å². The van der Waals surface area contributed by atoms with Gasteiger partial charge in [0.1, 0.15) is 5.75 Å². The van der Waals surface area contributed by atoms with Gasteiger partial charge in [-0.3, -0.25) is 14.4 Å². The molecule has 0 bridgehead atoms. The summed E-state index contributed by atoms with van der Waals surface area (Å²) in [7, 11) is 0. The van der Waals surface area contributed by atoms with Gasteiger partial charge in [0.2, 0.25) is 5.91 Å².